The zero-order chi connectivity index (χ0) is 18.5. The number of ketones is 1. The van der Waals surface area contributed by atoms with Crippen molar-refractivity contribution in [1.29, 1.82) is 0 Å². The summed E-state index contributed by atoms with van der Waals surface area (Å²) in [5.41, 5.74) is 5.75. The van der Waals surface area contributed by atoms with Gasteiger partial charge in [0.15, 0.2) is 22.4 Å². The minimum absolute atomic E-state index is 0.0312. The summed E-state index contributed by atoms with van der Waals surface area (Å²) in [5, 5.41) is 8.88. The minimum Gasteiger partial charge on any atom is -0.486 e. The average molecular weight is 376 g/mol. The molecule has 3 rings (SSSR count). The van der Waals surface area contributed by atoms with Crippen LogP contribution in [0.2, 0.25) is 0 Å². The number of fused-ring (bicyclic) bond motifs is 1. The van der Waals surface area contributed by atoms with Crippen LogP contribution in [0.25, 0.3) is 0 Å². The summed E-state index contributed by atoms with van der Waals surface area (Å²) in [6, 6.07) is 5.20. The highest BCUT2D eigenvalue weighted by atomic mass is 32.2. The number of Topliss-reactive ketones (excluding diaryl/α,β-unsaturated/α-hetero) is 1. The Morgan fingerprint density at radius 1 is 1.23 bits per heavy atom. The highest BCUT2D eigenvalue weighted by Crippen LogP contribution is 2.31. The van der Waals surface area contributed by atoms with Gasteiger partial charge in [-0.2, -0.15) is 0 Å². The van der Waals surface area contributed by atoms with Gasteiger partial charge in [0.05, 0.1) is 5.75 Å². The normalized spacial score (nSPS) is 12.8. The van der Waals surface area contributed by atoms with Crippen molar-refractivity contribution in [3.8, 4) is 11.5 Å². The van der Waals surface area contributed by atoms with Crippen molar-refractivity contribution in [3.05, 3.63) is 29.6 Å². The number of nitrogens with zero attached hydrogens (tertiary/aromatic N) is 3. The lowest BCUT2D eigenvalue weighted by Crippen LogP contribution is -2.16. The van der Waals surface area contributed by atoms with Crippen molar-refractivity contribution in [3.63, 3.8) is 0 Å². The first-order chi connectivity index (χ1) is 12.6. The zero-order valence-corrected chi connectivity index (χ0v) is 15.3. The van der Waals surface area contributed by atoms with Crippen LogP contribution < -0.4 is 15.2 Å². The molecule has 0 fully saturated rings. The van der Waals surface area contributed by atoms with E-state index in [0.717, 1.165) is 0 Å². The summed E-state index contributed by atoms with van der Waals surface area (Å²) in [7, 11) is 0. The van der Waals surface area contributed by atoms with Crippen LogP contribution in [-0.2, 0) is 17.8 Å². The number of amides is 1. The van der Waals surface area contributed by atoms with Gasteiger partial charge in [0.1, 0.15) is 19.0 Å². The Balaban J connectivity index is 1.65. The first-order valence-electron chi connectivity index (χ1n) is 8.34. The highest BCUT2D eigenvalue weighted by molar-refractivity contribution is 7.99. The highest BCUT2D eigenvalue weighted by Gasteiger charge is 2.17. The maximum absolute atomic E-state index is 12.5. The van der Waals surface area contributed by atoms with E-state index in [2.05, 4.69) is 10.2 Å². The summed E-state index contributed by atoms with van der Waals surface area (Å²) >= 11 is 1.32. The summed E-state index contributed by atoms with van der Waals surface area (Å²) < 4.78 is 12.9. The topological polar surface area (TPSA) is 109 Å². The van der Waals surface area contributed by atoms with Gasteiger partial charge < -0.3 is 19.8 Å². The number of carbonyl (C=O) groups is 2. The average Bonchev–Trinajstić information content (AvgIpc) is 3.05. The molecule has 0 aliphatic carbocycles. The number of primary amides is 1. The first-order valence-corrected chi connectivity index (χ1v) is 9.33. The molecule has 26 heavy (non-hydrogen) atoms. The van der Waals surface area contributed by atoms with Crippen LogP contribution in [0.1, 0.15) is 29.5 Å². The number of rotatable bonds is 8. The van der Waals surface area contributed by atoms with Crippen LogP contribution in [0.15, 0.2) is 23.4 Å². The van der Waals surface area contributed by atoms with Crippen molar-refractivity contribution in [2.45, 2.75) is 31.5 Å². The number of hydrogen-bond acceptors (Lipinski definition) is 7. The molecule has 1 amide bonds. The number of aromatic nitrogens is 3. The number of aryl methyl sites for hydroxylation is 1. The maximum atomic E-state index is 12.5. The van der Waals surface area contributed by atoms with Crippen LogP contribution in [0.3, 0.4) is 0 Å². The number of benzene rings is 1. The molecule has 0 spiro atoms. The van der Waals surface area contributed by atoms with Gasteiger partial charge >= 0.3 is 0 Å². The van der Waals surface area contributed by atoms with E-state index < -0.39 is 0 Å². The number of nitrogens with two attached hydrogens (primary N) is 1. The molecule has 1 aromatic carbocycles. The molecule has 1 aromatic heterocycles. The Labute approximate surface area is 155 Å². The molecule has 0 atom stereocenters. The summed E-state index contributed by atoms with van der Waals surface area (Å²) in [6.07, 6.45) is 0.658. The Morgan fingerprint density at radius 2 is 2.00 bits per heavy atom. The third-order valence-electron chi connectivity index (χ3n) is 3.90. The monoisotopic (exact) mass is 376 g/mol. The lowest BCUT2D eigenvalue weighted by molar-refractivity contribution is -0.118. The van der Waals surface area contributed by atoms with Crippen molar-refractivity contribution in [2.24, 2.45) is 5.73 Å². The lowest BCUT2D eigenvalue weighted by Gasteiger charge is -2.18. The molecule has 1 aliphatic heterocycles. The fraction of sp³-hybridized carbons (Fsp3) is 0.412. The first kappa shape index (κ1) is 18.2. The van der Waals surface area contributed by atoms with E-state index in [-0.39, 0.29) is 23.9 Å². The second kappa shape index (κ2) is 8.22. The van der Waals surface area contributed by atoms with E-state index in [9.17, 15) is 9.59 Å². The number of ether oxygens (including phenoxy) is 2. The molecule has 0 saturated heterocycles. The zero-order valence-electron chi connectivity index (χ0n) is 14.4. The molecule has 0 unspecified atom stereocenters. The van der Waals surface area contributed by atoms with Crippen molar-refractivity contribution in [2.75, 3.05) is 19.0 Å². The Bertz CT molecular complexity index is 821. The van der Waals surface area contributed by atoms with Gasteiger partial charge in [-0.05, 0) is 25.1 Å². The summed E-state index contributed by atoms with van der Waals surface area (Å²) in [4.78, 5) is 23.4. The van der Waals surface area contributed by atoms with E-state index >= 15 is 0 Å². The summed E-state index contributed by atoms with van der Waals surface area (Å²) in [6.45, 7) is 3.61. The molecule has 138 valence electrons. The Hall–Kier alpha value is -2.55. The molecular weight excluding hydrogens is 356 g/mol. The second-order valence-electron chi connectivity index (χ2n) is 5.68. The molecule has 9 heteroatoms. The molecule has 2 aromatic rings. The molecular formula is C17H20N4O4S. The maximum Gasteiger partial charge on any atom is 0.217 e. The van der Waals surface area contributed by atoms with Gasteiger partial charge in [0.2, 0.25) is 5.91 Å². The standard InChI is InChI=1S/C17H20N4O4S/c1-2-21-16(6-5-15(18)23)19-20-17(21)26-10-12(22)11-3-4-13-14(9-11)25-8-7-24-13/h3-4,9H,2,5-8,10H2,1H3,(H2,18,23). The lowest BCUT2D eigenvalue weighted by atomic mass is 10.1. The predicted octanol–water partition coefficient (Wildman–Crippen LogP) is 1.46. The molecule has 0 radical (unpaired) electrons. The van der Waals surface area contributed by atoms with Gasteiger partial charge in [-0.15, -0.1) is 10.2 Å². The fourth-order valence-electron chi connectivity index (χ4n) is 2.59. The molecule has 0 bridgehead atoms. The molecule has 8 nitrogen and oxygen atoms in total. The Kier molecular flexibility index (Phi) is 5.77. The summed E-state index contributed by atoms with van der Waals surface area (Å²) in [5.74, 6) is 1.77. The van der Waals surface area contributed by atoms with Crippen LogP contribution in [0, 0.1) is 0 Å². The van der Waals surface area contributed by atoms with Gasteiger partial charge in [0.25, 0.3) is 0 Å². The van der Waals surface area contributed by atoms with E-state index in [1.807, 2.05) is 11.5 Å². The SMILES string of the molecule is CCn1c(CCC(N)=O)nnc1SCC(=O)c1ccc2c(c1)OCCO2. The van der Waals surface area contributed by atoms with Gasteiger partial charge in [0, 0.05) is 24.9 Å². The van der Waals surface area contributed by atoms with Gasteiger partial charge in [-0.25, -0.2) is 0 Å². The van der Waals surface area contributed by atoms with E-state index in [1.54, 1.807) is 18.2 Å². The van der Waals surface area contributed by atoms with Crippen LogP contribution in [0.5, 0.6) is 11.5 Å². The van der Waals surface area contributed by atoms with Crippen molar-refractivity contribution in [1.82, 2.24) is 14.8 Å². The number of thioether (sulfide) groups is 1. The van der Waals surface area contributed by atoms with Gasteiger partial charge in [-0.3, -0.25) is 9.59 Å². The number of carbonyl (C=O) groups excluding carboxylic acids is 2. The van der Waals surface area contributed by atoms with Gasteiger partial charge in [-0.1, -0.05) is 11.8 Å². The molecule has 1 aliphatic rings. The van der Waals surface area contributed by atoms with Crippen LogP contribution >= 0.6 is 11.8 Å². The third-order valence-corrected chi connectivity index (χ3v) is 4.87. The largest absolute Gasteiger partial charge is 0.486 e. The van der Waals surface area contributed by atoms with Crippen LogP contribution in [0.4, 0.5) is 0 Å². The fourth-order valence-corrected chi connectivity index (χ4v) is 3.51. The second-order valence-corrected chi connectivity index (χ2v) is 6.62. The minimum atomic E-state index is -0.376. The van der Waals surface area contributed by atoms with Crippen LogP contribution in [-0.4, -0.2) is 45.4 Å². The van der Waals surface area contributed by atoms with E-state index in [1.165, 1.54) is 11.8 Å². The predicted molar refractivity (Wildman–Crippen MR) is 95.7 cm³/mol. The molecule has 0 saturated carbocycles. The number of hydrogen-bond donors (Lipinski definition) is 1. The molecule has 2 N–H and O–H groups in total. The van der Waals surface area contributed by atoms with E-state index in [4.69, 9.17) is 15.2 Å². The van der Waals surface area contributed by atoms with Crippen molar-refractivity contribution >= 4 is 23.5 Å². The van der Waals surface area contributed by atoms with Crippen molar-refractivity contribution < 1.29 is 19.1 Å². The quantitative estimate of drug-likeness (QED) is 0.549. The Morgan fingerprint density at radius 3 is 2.73 bits per heavy atom. The third kappa shape index (κ3) is 4.16. The molecule has 2 heterocycles. The van der Waals surface area contributed by atoms with E-state index in [0.29, 0.717) is 54.2 Å². The smallest absolute Gasteiger partial charge is 0.217 e.